The maximum Gasteiger partial charge on any atom is 0.357 e. The molecule has 27 heavy (non-hydrogen) atoms. The highest BCUT2D eigenvalue weighted by Crippen LogP contribution is 2.47. The van der Waals surface area contributed by atoms with Crippen LogP contribution in [0.2, 0.25) is 0 Å². The topological polar surface area (TPSA) is 142 Å². The summed E-state index contributed by atoms with van der Waals surface area (Å²) in [7, 11) is -1.88. The Morgan fingerprint density at radius 2 is 2.19 bits per heavy atom. The van der Waals surface area contributed by atoms with E-state index in [4.69, 9.17) is 9.66 Å². The van der Waals surface area contributed by atoms with Gasteiger partial charge in [0.25, 0.3) is 10.2 Å². The summed E-state index contributed by atoms with van der Waals surface area (Å²) < 4.78 is 29.6. The zero-order valence-corrected chi connectivity index (χ0v) is 17.1. The van der Waals surface area contributed by atoms with Gasteiger partial charge in [-0.25, -0.2) is 9.93 Å². The molecule has 0 spiro atoms. The number of β-lactam (4-membered cyclic amide) rings is 1. The van der Waals surface area contributed by atoms with Crippen molar-refractivity contribution < 1.29 is 27.6 Å². The molecule has 0 aromatic rings. The van der Waals surface area contributed by atoms with E-state index in [0.29, 0.717) is 26.1 Å². The van der Waals surface area contributed by atoms with Gasteiger partial charge in [-0.05, 0) is 18.9 Å². The van der Waals surface area contributed by atoms with Gasteiger partial charge >= 0.3 is 5.97 Å². The first-order chi connectivity index (χ1) is 12.5. The second kappa shape index (κ2) is 7.38. The fraction of sp³-hybridized carbons (Fsp3) is 0.733. The van der Waals surface area contributed by atoms with Crippen LogP contribution in [0, 0.1) is 11.8 Å². The maximum atomic E-state index is 12.5. The number of nitrogens with zero attached hydrogens (tertiary/aromatic N) is 2. The van der Waals surface area contributed by atoms with Gasteiger partial charge in [-0.15, -0.1) is 0 Å². The van der Waals surface area contributed by atoms with E-state index in [9.17, 15) is 23.1 Å². The highest BCUT2D eigenvalue weighted by molar-refractivity contribution is 7.87. The average Bonchev–Trinajstić information content (AvgIpc) is 3.07. The lowest BCUT2D eigenvalue weighted by Gasteiger charge is -2.46. The summed E-state index contributed by atoms with van der Waals surface area (Å²) in [4.78, 5) is 28.2. The Bertz CT molecular complexity index is 785. The Kier molecular flexibility index (Phi) is 5.64. The number of fused-ring (bicyclic) bond motifs is 1. The predicted molar refractivity (Wildman–Crippen MR) is 98.9 cm³/mol. The number of aliphatic hydroxyl groups excluding tert-OH is 1. The van der Waals surface area contributed by atoms with E-state index < -0.39 is 28.2 Å². The summed E-state index contributed by atoms with van der Waals surface area (Å²) in [5, 5.41) is 15.0. The minimum Gasteiger partial charge on any atom is -0.447 e. The van der Waals surface area contributed by atoms with Crippen molar-refractivity contribution in [2.75, 3.05) is 19.6 Å². The summed E-state index contributed by atoms with van der Waals surface area (Å²) in [6.45, 7) is 4.99. The second-order valence-corrected chi connectivity index (χ2v) is 8.98. The highest BCUT2D eigenvalue weighted by atomic mass is 32.2. The first-order valence-corrected chi connectivity index (χ1v) is 10.7. The van der Waals surface area contributed by atoms with Crippen LogP contribution in [-0.4, -0.2) is 73.0 Å². The first kappa shape index (κ1) is 20.6. The van der Waals surface area contributed by atoms with Crippen LogP contribution in [-0.2, 0) is 24.3 Å². The zero-order chi connectivity index (χ0) is 20.1. The van der Waals surface area contributed by atoms with Crippen molar-refractivity contribution in [2.45, 2.75) is 38.5 Å². The molecule has 3 heterocycles. The van der Waals surface area contributed by atoms with Gasteiger partial charge in [0.2, 0.25) is 5.91 Å². The SMILES string of the molecule is C[C@@H](O)C1C(=O)N2C(C(=O)OP)=C(CN3CC[C@H](NS(N)(=O)=O)C3)[C@H](C)[C@H]12. The number of carbonyl (C=O) groups excluding carboxylic acids is 2. The summed E-state index contributed by atoms with van der Waals surface area (Å²) in [5.41, 5.74) is 0.993. The van der Waals surface area contributed by atoms with Gasteiger partial charge in [-0.1, -0.05) is 6.92 Å². The van der Waals surface area contributed by atoms with Crippen LogP contribution in [0.15, 0.2) is 11.3 Å². The molecular weight excluding hydrogens is 395 g/mol. The molecule has 0 aromatic carbocycles. The molecule has 2 fully saturated rings. The molecule has 2 saturated heterocycles. The molecular formula is C15H25N4O6PS. The monoisotopic (exact) mass is 420 g/mol. The van der Waals surface area contributed by atoms with Crippen molar-refractivity contribution in [1.29, 1.82) is 0 Å². The van der Waals surface area contributed by atoms with Gasteiger partial charge < -0.3 is 14.5 Å². The summed E-state index contributed by atoms with van der Waals surface area (Å²) in [5.74, 6) is -1.55. The van der Waals surface area contributed by atoms with E-state index in [1.807, 2.05) is 21.3 Å². The van der Waals surface area contributed by atoms with E-state index in [2.05, 4.69) is 4.72 Å². The Morgan fingerprint density at radius 3 is 2.74 bits per heavy atom. The van der Waals surface area contributed by atoms with Crippen molar-refractivity contribution in [3.8, 4) is 0 Å². The molecule has 0 aliphatic carbocycles. The van der Waals surface area contributed by atoms with Gasteiger partial charge in [0.1, 0.15) is 5.70 Å². The lowest BCUT2D eigenvalue weighted by Crippen LogP contribution is -2.63. The summed E-state index contributed by atoms with van der Waals surface area (Å²) in [6.07, 6.45) is -0.201. The van der Waals surface area contributed by atoms with Gasteiger partial charge in [0.15, 0.2) is 0 Å². The molecule has 12 heteroatoms. The molecule has 0 radical (unpaired) electrons. The minimum absolute atomic E-state index is 0.119. The van der Waals surface area contributed by atoms with Crippen LogP contribution in [0.3, 0.4) is 0 Å². The zero-order valence-electron chi connectivity index (χ0n) is 15.2. The van der Waals surface area contributed by atoms with Crippen LogP contribution in [0.1, 0.15) is 20.3 Å². The standard InChI is InChI=1S/C15H25N4O6PS/c1-7-10(6-18-4-3-9(5-18)17-27(16,23)24)13(15(22)25-26)19-12(7)11(8(2)20)14(19)21/h7-9,11-12,17,20H,3-6,26H2,1-2H3,(H2,16,23,24)/t7-,8+,9-,11?,12+/m0/s1. The van der Waals surface area contributed by atoms with Crippen molar-refractivity contribution in [2.24, 2.45) is 17.0 Å². The largest absolute Gasteiger partial charge is 0.447 e. The van der Waals surface area contributed by atoms with Crippen LogP contribution in [0.5, 0.6) is 0 Å². The van der Waals surface area contributed by atoms with Crippen molar-refractivity contribution in [3.63, 3.8) is 0 Å². The Morgan fingerprint density at radius 1 is 1.52 bits per heavy atom. The van der Waals surface area contributed by atoms with Crippen molar-refractivity contribution in [1.82, 2.24) is 14.5 Å². The number of amides is 1. The van der Waals surface area contributed by atoms with E-state index in [1.165, 1.54) is 4.90 Å². The second-order valence-electron chi connectivity index (χ2n) is 7.42. The number of carbonyl (C=O) groups is 2. The molecule has 0 aromatic heterocycles. The predicted octanol–water partition coefficient (Wildman–Crippen LogP) is -1.70. The normalized spacial score (nSPS) is 32.5. The van der Waals surface area contributed by atoms with Gasteiger partial charge in [-0.3, -0.25) is 9.69 Å². The van der Waals surface area contributed by atoms with Crippen LogP contribution in [0.4, 0.5) is 0 Å². The van der Waals surface area contributed by atoms with Crippen LogP contribution < -0.4 is 9.86 Å². The highest BCUT2D eigenvalue weighted by Gasteiger charge is 2.60. The third-order valence-corrected chi connectivity index (χ3v) is 6.49. The molecule has 0 saturated carbocycles. The first-order valence-electron chi connectivity index (χ1n) is 8.72. The molecule has 152 valence electrons. The molecule has 4 N–H and O–H groups in total. The third kappa shape index (κ3) is 3.76. The van der Waals surface area contributed by atoms with Crippen LogP contribution >= 0.6 is 9.47 Å². The molecule has 3 aliphatic rings. The Hall–Kier alpha value is -1.10. The lowest BCUT2D eigenvalue weighted by molar-refractivity contribution is -0.162. The number of nitrogens with one attached hydrogen (secondary N) is 1. The minimum atomic E-state index is -3.78. The van der Waals surface area contributed by atoms with Crippen molar-refractivity contribution >= 4 is 31.6 Å². The van der Waals surface area contributed by atoms with E-state index in [1.54, 1.807) is 6.92 Å². The molecule has 6 atom stereocenters. The third-order valence-electron chi connectivity index (χ3n) is 5.61. The smallest absolute Gasteiger partial charge is 0.357 e. The van der Waals surface area contributed by atoms with Gasteiger partial charge in [0.05, 0.1) is 27.5 Å². The van der Waals surface area contributed by atoms with Gasteiger partial charge in [-0.2, -0.15) is 13.1 Å². The quantitative estimate of drug-likeness (QED) is 0.343. The van der Waals surface area contributed by atoms with Gasteiger partial charge in [0, 0.05) is 31.6 Å². The Balaban J connectivity index is 1.80. The van der Waals surface area contributed by atoms with E-state index in [-0.39, 0.29) is 29.6 Å². The Labute approximate surface area is 160 Å². The summed E-state index contributed by atoms with van der Waals surface area (Å²) in [6, 6.07) is -0.564. The molecule has 1 amide bonds. The maximum absolute atomic E-state index is 12.5. The fourth-order valence-electron chi connectivity index (χ4n) is 4.44. The fourth-order valence-corrected chi connectivity index (χ4v) is 5.21. The van der Waals surface area contributed by atoms with E-state index in [0.717, 1.165) is 5.57 Å². The number of aliphatic hydroxyl groups is 1. The number of hydrogen-bond acceptors (Lipinski definition) is 7. The molecule has 3 aliphatic heterocycles. The molecule has 2 unspecified atom stereocenters. The average molecular weight is 420 g/mol. The molecule has 3 rings (SSSR count). The van der Waals surface area contributed by atoms with E-state index >= 15 is 0 Å². The number of hydrogen-bond donors (Lipinski definition) is 3. The number of nitrogens with two attached hydrogens (primary N) is 1. The van der Waals surface area contributed by atoms with Crippen molar-refractivity contribution in [3.05, 3.63) is 11.3 Å². The molecule has 10 nitrogen and oxygen atoms in total. The molecule has 0 bridgehead atoms. The number of rotatable bonds is 6. The lowest BCUT2D eigenvalue weighted by atomic mass is 9.77. The van der Waals surface area contributed by atoms with Crippen LogP contribution in [0.25, 0.3) is 0 Å². The summed E-state index contributed by atoms with van der Waals surface area (Å²) >= 11 is 0. The number of likely N-dealkylation sites (tertiary alicyclic amines) is 1.